The van der Waals surface area contributed by atoms with Gasteiger partial charge >= 0.3 is 6.18 Å². The molecule has 0 radical (unpaired) electrons. The lowest BCUT2D eigenvalue weighted by atomic mass is 10.1. The van der Waals surface area contributed by atoms with Gasteiger partial charge in [-0.25, -0.2) is 0 Å². The van der Waals surface area contributed by atoms with Gasteiger partial charge in [0.1, 0.15) is 6.04 Å². The van der Waals surface area contributed by atoms with Crippen molar-refractivity contribution in [3.05, 3.63) is 50.3 Å². The molecule has 0 saturated carbocycles. The number of benzene rings is 1. The van der Waals surface area contributed by atoms with Crippen molar-refractivity contribution in [1.82, 2.24) is 9.78 Å². The minimum Gasteiger partial charge on any atom is -0.362 e. The van der Waals surface area contributed by atoms with E-state index < -0.39 is 50.6 Å². The fraction of sp³-hybridized carbons (Fsp3) is 0.333. The molecule has 3 rings (SSSR count). The first-order valence-corrected chi connectivity index (χ1v) is 8.09. The summed E-state index contributed by atoms with van der Waals surface area (Å²) in [5.41, 5.74) is -4.10. The van der Waals surface area contributed by atoms with Crippen LogP contribution in [0.2, 0.25) is 0 Å². The van der Waals surface area contributed by atoms with Crippen LogP contribution in [0.25, 0.3) is 0 Å². The summed E-state index contributed by atoms with van der Waals surface area (Å²) in [6, 6.07) is -0.689. The minimum absolute atomic E-state index is 0.128. The van der Waals surface area contributed by atoms with Crippen molar-refractivity contribution >= 4 is 28.7 Å². The smallest absolute Gasteiger partial charge is 0.362 e. The van der Waals surface area contributed by atoms with Crippen LogP contribution in [0.5, 0.6) is 0 Å². The monoisotopic (exact) mass is 414 g/mol. The van der Waals surface area contributed by atoms with E-state index >= 15 is 0 Å². The number of halogens is 3. The molecule has 0 aliphatic carbocycles. The van der Waals surface area contributed by atoms with Gasteiger partial charge in [-0.15, -0.1) is 0 Å². The molecule has 1 amide bonds. The molecule has 1 aromatic heterocycles. The number of carbonyl (C=O) groups is 1. The number of nitrogens with zero attached hydrogens (tertiary/aromatic N) is 5. The largest absolute Gasteiger partial charge is 0.416 e. The Morgan fingerprint density at radius 2 is 1.79 bits per heavy atom. The van der Waals surface area contributed by atoms with E-state index in [1.165, 1.54) is 15.8 Å². The van der Waals surface area contributed by atoms with Gasteiger partial charge in [0.15, 0.2) is 5.69 Å². The van der Waals surface area contributed by atoms with Crippen LogP contribution in [0, 0.1) is 20.2 Å². The number of aryl methyl sites for hydroxylation is 1. The van der Waals surface area contributed by atoms with Gasteiger partial charge in [-0.3, -0.25) is 29.7 Å². The molecule has 0 spiro atoms. The highest BCUT2D eigenvalue weighted by atomic mass is 19.4. The minimum atomic E-state index is -5.02. The third-order valence-electron chi connectivity index (χ3n) is 4.34. The zero-order valence-corrected chi connectivity index (χ0v) is 14.7. The Kier molecular flexibility index (Phi) is 4.86. The third kappa shape index (κ3) is 3.81. The first-order chi connectivity index (χ1) is 13.5. The molecule has 14 heteroatoms. The van der Waals surface area contributed by atoms with Crippen LogP contribution < -0.4 is 10.2 Å². The van der Waals surface area contributed by atoms with E-state index in [4.69, 9.17) is 0 Å². The molecule has 154 valence electrons. The van der Waals surface area contributed by atoms with Gasteiger partial charge < -0.3 is 10.2 Å². The Morgan fingerprint density at radius 3 is 2.24 bits per heavy atom. The second-order valence-corrected chi connectivity index (χ2v) is 6.25. The molecule has 1 N–H and O–H groups in total. The van der Waals surface area contributed by atoms with E-state index in [-0.39, 0.29) is 25.1 Å². The summed E-state index contributed by atoms with van der Waals surface area (Å²) in [4.78, 5) is 34.2. The fourth-order valence-corrected chi connectivity index (χ4v) is 3.00. The highest BCUT2D eigenvalue weighted by molar-refractivity contribution is 6.01. The van der Waals surface area contributed by atoms with E-state index in [1.54, 1.807) is 13.2 Å². The Labute approximate surface area is 160 Å². The number of nitrogens with one attached hydrogen (secondary N) is 1. The van der Waals surface area contributed by atoms with E-state index in [1.807, 2.05) is 0 Å². The molecule has 2 heterocycles. The van der Waals surface area contributed by atoms with Crippen LogP contribution in [0.1, 0.15) is 12.0 Å². The van der Waals surface area contributed by atoms with Crippen molar-refractivity contribution in [2.75, 3.05) is 16.8 Å². The van der Waals surface area contributed by atoms with E-state index in [0.29, 0.717) is 5.69 Å². The van der Waals surface area contributed by atoms with Crippen molar-refractivity contribution in [2.24, 2.45) is 7.05 Å². The summed E-state index contributed by atoms with van der Waals surface area (Å²) in [5, 5.41) is 28.9. The summed E-state index contributed by atoms with van der Waals surface area (Å²) in [6.45, 7) is 0.199. The van der Waals surface area contributed by atoms with Crippen molar-refractivity contribution in [2.45, 2.75) is 18.6 Å². The second-order valence-electron chi connectivity index (χ2n) is 6.25. The highest BCUT2D eigenvalue weighted by Gasteiger charge is 2.40. The molecule has 1 aliphatic rings. The van der Waals surface area contributed by atoms with Crippen molar-refractivity contribution < 1.29 is 27.8 Å². The molecule has 0 bridgehead atoms. The van der Waals surface area contributed by atoms with E-state index in [0.717, 1.165) is 0 Å². The van der Waals surface area contributed by atoms with Crippen LogP contribution in [-0.2, 0) is 18.0 Å². The molecular formula is C15H13F3N6O5. The Balaban J connectivity index is 1.99. The lowest BCUT2D eigenvalue weighted by Crippen LogP contribution is -2.33. The zero-order chi connectivity index (χ0) is 21.5. The number of nitro groups is 2. The predicted molar refractivity (Wildman–Crippen MR) is 92.3 cm³/mol. The third-order valence-corrected chi connectivity index (χ3v) is 4.34. The SMILES string of the molecule is Cn1cc(N2CCC(Nc3c([N+](=O)[O-])cc(C(F)(F)F)cc3[N+](=O)[O-])C2=O)cn1. The standard InChI is InChI=1S/C15H13F3N6O5/c1-21-7-9(6-19-21)22-3-2-10(14(22)25)20-13-11(23(26)27)4-8(15(16,17)18)5-12(13)24(28)29/h4-7,10,20H,2-3H2,1H3. The molecule has 1 unspecified atom stereocenters. The molecular weight excluding hydrogens is 401 g/mol. The van der Waals surface area contributed by atoms with Gasteiger partial charge in [0, 0.05) is 31.9 Å². The van der Waals surface area contributed by atoms with Gasteiger partial charge in [0.25, 0.3) is 11.4 Å². The molecule has 29 heavy (non-hydrogen) atoms. The van der Waals surface area contributed by atoms with Crippen LogP contribution in [0.3, 0.4) is 0 Å². The van der Waals surface area contributed by atoms with Gasteiger partial charge in [0.05, 0.1) is 27.3 Å². The molecule has 1 saturated heterocycles. The molecule has 11 nitrogen and oxygen atoms in total. The lowest BCUT2D eigenvalue weighted by Gasteiger charge is -2.16. The Hall–Kier alpha value is -3.71. The first kappa shape index (κ1) is 20.0. The van der Waals surface area contributed by atoms with Crippen molar-refractivity contribution in [1.29, 1.82) is 0 Å². The number of carbonyl (C=O) groups excluding carboxylic acids is 1. The van der Waals surface area contributed by atoms with Gasteiger partial charge in [-0.2, -0.15) is 18.3 Å². The normalized spacial score (nSPS) is 16.9. The summed E-state index contributed by atoms with van der Waals surface area (Å²) < 4.78 is 40.4. The number of amides is 1. The van der Waals surface area contributed by atoms with Gasteiger partial charge in [-0.05, 0) is 6.42 Å². The maximum absolute atomic E-state index is 13.0. The first-order valence-electron chi connectivity index (χ1n) is 8.09. The van der Waals surface area contributed by atoms with Gasteiger partial charge in [-0.1, -0.05) is 0 Å². The number of hydrogen-bond donors (Lipinski definition) is 1. The second kappa shape index (κ2) is 7.03. The predicted octanol–water partition coefficient (Wildman–Crippen LogP) is 2.47. The number of rotatable bonds is 5. The van der Waals surface area contributed by atoms with E-state index in [2.05, 4.69) is 10.4 Å². The van der Waals surface area contributed by atoms with Crippen LogP contribution in [0.15, 0.2) is 24.5 Å². The topological polar surface area (TPSA) is 136 Å². The number of aromatic nitrogens is 2. The summed E-state index contributed by atoms with van der Waals surface area (Å²) in [5.74, 6) is -0.540. The van der Waals surface area contributed by atoms with Gasteiger partial charge in [0.2, 0.25) is 5.91 Å². The maximum Gasteiger partial charge on any atom is 0.416 e. The van der Waals surface area contributed by atoms with Crippen LogP contribution in [0.4, 0.5) is 35.9 Å². The summed E-state index contributed by atoms with van der Waals surface area (Å²) >= 11 is 0. The number of anilines is 2. The molecule has 1 atom stereocenters. The average molecular weight is 414 g/mol. The lowest BCUT2D eigenvalue weighted by molar-refractivity contribution is -0.392. The van der Waals surface area contributed by atoms with Crippen molar-refractivity contribution in [3.63, 3.8) is 0 Å². The quantitative estimate of drug-likeness (QED) is 0.586. The molecule has 1 aliphatic heterocycles. The highest BCUT2D eigenvalue weighted by Crippen LogP contribution is 2.42. The Morgan fingerprint density at radius 1 is 1.21 bits per heavy atom. The van der Waals surface area contributed by atoms with Crippen LogP contribution >= 0.6 is 0 Å². The molecule has 2 aromatic rings. The zero-order valence-electron chi connectivity index (χ0n) is 14.7. The summed E-state index contributed by atoms with van der Waals surface area (Å²) in [7, 11) is 1.63. The van der Waals surface area contributed by atoms with Crippen LogP contribution in [-0.4, -0.2) is 38.1 Å². The number of hydrogen-bond acceptors (Lipinski definition) is 7. The number of alkyl halides is 3. The molecule has 1 fully saturated rings. The summed E-state index contributed by atoms with van der Waals surface area (Å²) in [6.07, 6.45) is -1.91. The average Bonchev–Trinajstić information content (AvgIpc) is 3.19. The fourth-order valence-electron chi connectivity index (χ4n) is 3.00. The van der Waals surface area contributed by atoms with Crippen molar-refractivity contribution in [3.8, 4) is 0 Å². The molecule has 1 aromatic carbocycles. The maximum atomic E-state index is 13.0. The van der Waals surface area contributed by atoms with E-state index in [9.17, 15) is 38.2 Å². The number of nitro benzene ring substituents is 2. The Bertz CT molecular complexity index is 970.